The first kappa shape index (κ1) is 12.7. The van der Waals surface area contributed by atoms with Crippen LogP contribution in [0.25, 0.3) is 0 Å². The normalized spacial score (nSPS) is 23.1. The molecule has 0 radical (unpaired) electrons. The first-order valence-electron chi connectivity index (χ1n) is 5.70. The van der Waals surface area contributed by atoms with Gasteiger partial charge in [-0.15, -0.1) is 0 Å². The topological polar surface area (TPSA) is 15.7 Å². The molecule has 1 fully saturated rings. The first-order chi connectivity index (χ1) is 7.08. The number of hydrogen-bond donors (Lipinski definition) is 0. The Morgan fingerprint density at radius 2 is 2.20 bits per heavy atom. The lowest BCUT2D eigenvalue weighted by molar-refractivity contribution is -0.0344. The Morgan fingerprint density at radius 1 is 1.47 bits per heavy atom. The van der Waals surface area contributed by atoms with Gasteiger partial charge in [0.05, 0.1) is 12.7 Å². The molecular formula is C12H24N2O. The molecule has 0 aromatic carbocycles. The van der Waals surface area contributed by atoms with Crippen LogP contribution in [0.2, 0.25) is 0 Å². The number of nitrogens with zero attached hydrogens (tertiary/aromatic N) is 2. The van der Waals surface area contributed by atoms with Gasteiger partial charge in [-0.3, -0.25) is 4.90 Å². The third kappa shape index (κ3) is 5.30. The molecule has 1 heterocycles. The van der Waals surface area contributed by atoms with Crippen LogP contribution < -0.4 is 0 Å². The Morgan fingerprint density at radius 3 is 2.80 bits per heavy atom. The molecule has 0 amide bonds. The molecule has 3 nitrogen and oxygen atoms in total. The van der Waals surface area contributed by atoms with Gasteiger partial charge >= 0.3 is 0 Å². The first-order valence-corrected chi connectivity index (χ1v) is 5.70. The third-order valence-corrected chi connectivity index (χ3v) is 2.55. The Bertz CT molecular complexity index is 210. The molecular weight excluding hydrogens is 188 g/mol. The molecule has 3 heteroatoms. The van der Waals surface area contributed by atoms with Crippen LogP contribution in [0.15, 0.2) is 11.6 Å². The van der Waals surface area contributed by atoms with E-state index in [4.69, 9.17) is 4.74 Å². The minimum atomic E-state index is 0.374. The van der Waals surface area contributed by atoms with Gasteiger partial charge in [0.15, 0.2) is 0 Å². The van der Waals surface area contributed by atoms with Gasteiger partial charge in [0.2, 0.25) is 0 Å². The fourth-order valence-corrected chi connectivity index (χ4v) is 1.78. The summed E-state index contributed by atoms with van der Waals surface area (Å²) < 4.78 is 5.72. The average molecular weight is 212 g/mol. The van der Waals surface area contributed by atoms with Crippen molar-refractivity contribution in [2.24, 2.45) is 0 Å². The van der Waals surface area contributed by atoms with Gasteiger partial charge < -0.3 is 9.64 Å². The lowest BCUT2D eigenvalue weighted by Gasteiger charge is -2.33. The van der Waals surface area contributed by atoms with Crippen molar-refractivity contribution in [3.8, 4) is 0 Å². The second-order valence-electron chi connectivity index (χ2n) is 4.80. The zero-order valence-corrected chi connectivity index (χ0v) is 10.5. The van der Waals surface area contributed by atoms with E-state index >= 15 is 0 Å². The fourth-order valence-electron chi connectivity index (χ4n) is 1.78. The van der Waals surface area contributed by atoms with Crippen molar-refractivity contribution in [3.05, 3.63) is 11.6 Å². The summed E-state index contributed by atoms with van der Waals surface area (Å²) in [5.41, 5.74) is 1.39. The van der Waals surface area contributed by atoms with Gasteiger partial charge in [-0.2, -0.15) is 0 Å². The Labute approximate surface area is 93.7 Å². The smallest absolute Gasteiger partial charge is 0.0829 e. The van der Waals surface area contributed by atoms with Crippen molar-refractivity contribution in [2.45, 2.75) is 20.0 Å². The maximum atomic E-state index is 5.72. The fraction of sp³-hybridized carbons (Fsp3) is 0.833. The van der Waals surface area contributed by atoms with Gasteiger partial charge in [-0.05, 0) is 27.9 Å². The van der Waals surface area contributed by atoms with E-state index in [9.17, 15) is 0 Å². The van der Waals surface area contributed by atoms with Crippen LogP contribution in [-0.2, 0) is 4.74 Å². The zero-order chi connectivity index (χ0) is 11.3. The minimum absolute atomic E-state index is 0.374. The van der Waals surface area contributed by atoms with Gasteiger partial charge in [0.1, 0.15) is 0 Å². The number of morpholine rings is 1. The number of ether oxygens (including phenoxy) is 1. The van der Waals surface area contributed by atoms with Crippen LogP contribution in [-0.4, -0.2) is 62.8 Å². The van der Waals surface area contributed by atoms with Crippen LogP contribution >= 0.6 is 0 Å². The molecule has 1 atom stereocenters. The summed E-state index contributed by atoms with van der Waals surface area (Å²) in [5, 5.41) is 0. The maximum absolute atomic E-state index is 5.72. The molecule has 0 unspecified atom stereocenters. The molecule has 1 aliphatic rings. The largest absolute Gasteiger partial charge is 0.374 e. The molecule has 0 saturated carbocycles. The quantitative estimate of drug-likeness (QED) is 0.652. The third-order valence-electron chi connectivity index (χ3n) is 2.55. The van der Waals surface area contributed by atoms with Gasteiger partial charge in [0.25, 0.3) is 0 Å². The second kappa shape index (κ2) is 6.26. The van der Waals surface area contributed by atoms with E-state index in [0.717, 1.165) is 32.8 Å². The predicted octanol–water partition coefficient (Wildman–Crippen LogP) is 1.21. The molecule has 1 rings (SSSR count). The van der Waals surface area contributed by atoms with E-state index in [0.29, 0.717) is 6.10 Å². The Balaban J connectivity index is 2.32. The van der Waals surface area contributed by atoms with Crippen LogP contribution in [0.1, 0.15) is 13.8 Å². The molecule has 0 aromatic heterocycles. The summed E-state index contributed by atoms with van der Waals surface area (Å²) in [7, 11) is 4.19. The highest BCUT2D eigenvalue weighted by molar-refractivity contribution is 4.95. The van der Waals surface area contributed by atoms with E-state index in [1.807, 2.05) is 0 Å². The maximum Gasteiger partial charge on any atom is 0.0829 e. The minimum Gasteiger partial charge on any atom is -0.374 e. The zero-order valence-electron chi connectivity index (χ0n) is 10.5. The molecule has 15 heavy (non-hydrogen) atoms. The van der Waals surface area contributed by atoms with Crippen molar-refractivity contribution in [1.82, 2.24) is 9.80 Å². The monoisotopic (exact) mass is 212 g/mol. The highest BCUT2D eigenvalue weighted by Crippen LogP contribution is 2.06. The summed E-state index contributed by atoms with van der Waals surface area (Å²) in [5.74, 6) is 0. The van der Waals surface area contributed by atoms with E-state index in [1.54, 1.807) is 0 Å². The molecule has 1 aliphatic heterocycles. The predicted molar refractivity (Wildman–Crippen MR) is 64.2 cm³/mol. The Kier molecular flexibility index (Phi) is 5.29. The summed E-state index contributed by atoms with van der Waals surface area (Å²) >= 11 is 0. The van der Waals surface area contributed by atoms with Crippen LogP contribution in [0.5, 0.6) is 0 Å². The molecule has 88 valence electrons. The van der Waals surface area contributed by atoms with E-state index in [-0.39, 0.29) is 0 Å². The SMILES string of the molecule is CC(C)=CCN1CCO[C@H](CN(C)C)C1. The van der Waals surface area contributed by atoms with Crippen molar-refractivity contribution < 1.29 is 4.74 Å². The molecule has 1 saturated heterocycles. The summed E-state index contributed by atoms with van der Waals surface area (Å²) in [6.45, 7) is 9.38. The standard InChI is InChI=1S/C12H24N2O/c1-11(2)5-6-14-7-8-15-12(10-14)9-13(3)4/h5,12H,6-10H2,1-4H3/t12-/m1/s1. The number of hydrogen-bond acceptors (Lipinski definition) is 3. The van der Waals surface area contributed by atoms with Crippen LogP contribution in [0.4, 0.5) is 0 Å². The van der Waals surface area contributed by atoms with E-state index < -0.39 is 0 Å². The van der Waals surface area contributed by atoms with Crippen LogP contribution in [0.3, 0.4) is 0 Å². The van der Waals surface area contributed by atoms with Crippen molar-refractivity contribution in [2.75, 3.05) is 46.9 Å². The van der Waals surface area contributed by atoms with E-state index in [2.05, 4.69) is 43.8 Å². The van der Waals surface area contributed by atoms with Gasteiger partial charge in [-0.25, -0.2) is 0 Å². The van der Waals surface area contributed by atoms with Crippen molar-refractivity contribution in [3.63, 3.8) is 0 Å². The van der Waals surface area contributed by atoms with E-state index in [1.165, 1.54) is 5.57 Å². The van der Waals surface area contributed by atoms with Crippen molar-refractivity contribution in [1.29, 1.82) is 0 Å². The molecule has 0 bridgehead atoms. The number of likely N-dealkylation sites (N-methyl/N-ethyl adjacent to an activating group) is 1. The lowest BCUT2D eigenvalue weighted by Crippen LogP contribution is -2.46. The molecule has 0 spiro atoms. The number of allylic oxidation sites excluding steroid dienone is 1. The van der Waals surface area contributed by atoms with Crippen molar-refractivity contribution >= 4 is 0 Å². The highest BCUT2D eigenvalue weighted by Gasteiger charge is 2.19. The molecule has 0 aliphatic carbocycles. The Hall–Kier alpha value is -0.380. The highest BCUT2D eigenvalue weighted by atomic mass is 16.5. The molecule has 0 aromatic rings. The molecule has 0 N–H and O–H groups in total. The summed E-state index contributed by atoms with van der Waals surface area (Å²) in [4.78, 5) is 4.65. The second-order valence-corrected chi connectivity index (χ2v) is 4.80. The summed E-state index contributed by atoms with van der Waals surface area (Å²) in [6, 6.07) is 0. The van der Waals surface area contributed by atoms with Gasteiger partial charge in [-0.1, -0.05) is 11.6 Å². The summed E-state index contributed by atoms with van der Waals surface area (Å²) in [6.07, 6.45) is 2.66. The average Bonchev–Trinajstić information content (AvgIpc) is 2.14. The number of rotatable bonds is 4. The van der Waals surface area contributed by atoms with Crippen LogP contribution in [0, 0.1) is 0 Å². The van der Waals surface area contributed by atoms with Gasteiger partial charge in [0, 0.05) is 26.2 Å². The lowest BCUT2D eigenvalue weighted by atomic mass is 10.2.